The summed E-state index contributed by atoms with van der Waals surface area (Å²) in [6, 6.07) is 21.8. The van der Waals surface area contributed by atoms with Crippen molar-refractivity contribution in [2.75, 3.05) is 0 Å². The highest BCUT2D eigenvalue weighted by Crippen LogP contribution is 2.38. The summed E-state index contributed by atoms with van der Waals surface area (Å²) in [4.78, 5) is 0. The SMILES string of the molecule is CC1CCC(c2ccc(-c3ccc(OC(F)(F)F)c(F)c3)cc2)CC1.CC1CCC(c2ccc(-c3ccc(OC(F)(F)F)cc3)c(F)c2)CC1. The smallest absolute Gasteiger partial charge is 0.406 e. The van der Waals surface area contributed by atoms with Gasteiger partial charge in [-0.15, -0.1) is 26.3 Å². The number of alkyl halides is 6. The van der Waals surface area contributed by atoms with Crippen LogP contribution in [0.2, 0.25) is 0 Å². The number of rotatable bonds is 6. The van der Waals surface area contributed by atoms with E-state index in [1.165, 1.54) is 61.6 Å². The van der Waals surface area contributed by atoms with E-state index in [4.69, 9.17) is 0 Å². The molecule has 0 saturated heterocycles. The Bertz CT molecular complexity index is 1680. The highest BCUT2D eigenvalue weighted by molar-refractivity contribution is 5.66. The van der Waals surface area contributed by atoms with Gasteiger partial charge in [-0.25, -0.2) is 8.78 Å². The van der Waals surface area contributed by atoms with Crippen LogP contribution < -0.4 is 9.47 Å². The second-order valence-electron chi connectivity index (χ2n) is 13.5. The van der Waals surface area contributed by atoms with Gasteiger partial charge in [0.15, 0.2) is 11.6 Å². The quantitative estimate of drug-likeness (QED) is 0.186. The van der Waals surface area contributed by atoms with Gasteiger partial charge < -0.3 is 9.47 Å². The Morgan fingerprint density at radius 3 is 1.46 bits per heavy atom. The van der Waals surface area contributed by atoms with Crippen molar-refractivity contribution in [1.82, 2.24) is 0 Å². The van der Waals surface area contributed by atoms with Crippen molar-refractivity contribution in [3.05, 3.63) is 108 Å². The topological polar surface area (TPSA) is 18.5 Å². The number of hydrogen-bond acceptors (Lipinski definition) is 2. The molecule has 0 amide bonds. The molecule has 0 heterocycles. The number of hydrogen-bond donors (Lipinski definition) is 0. The van der Waals surface area contributed by atoms with Crippen molar-refractivity contribution in [2.45, 2.75) is 89.8 Å². The molecule has 2 aliphatic rings. The van der Waals surface area contributed by atoms with Crippen LogP contribution in [0.25, 0.3) is 22.3 Å². The van der Waals surface area contributed by atoms with Crippen molar-refractivity contribution in [1.29, 1.82) is 0 Å². The molecule has 0 N–H and O–H groups in total. The molecule has 6 rings (SSSR count). The number of benzene rings is 4. The normalized spacial score (nSPS) is 21.2. The predicted octanol–water partition coefficient (Wildman–Crippen LogP) is 13.4. The molecule has 50 heavy (non-hydrogen) atoms. The maximum Gasteiger partial charge on any atom is 0.573 e. The first-order chi connectivity index (χ1) is 23.6. The largest absolute Gasteiger partial charge is 0.573 e. The lowest BCUT2D eigenvalue weighted by Gasteiger charge is -2.26. The Morgan fingerprint density at radius 1 is 0.480 bits per heavy atom. The summed E-state index contributed by atoms with van der Waals surface area (Å²) in [6.45, 7) is 4.52. The Hall–Kier alpha value is -4.08. The fraction of sp³-hybridized carbons (Fsp3) is 0.400. The van der Waals surface area contributed by atoms with Crippen molar-refractivity contribution in [3.8, 4) is 33.8 Å². The second kappa shape index (κ2) is 15.9. The summed E-state index contributed by atoms with van der Waals surface area (Å²) in [5.41, 5.74) is 4.47. The van der Waals surface area contributed by atoms with Gasteiger partial charge in [-0.3, -0.25) is 0 Å². The molecule has 0 unspecified atom stereocenters. The van der Waals surface area contributed by atoms with Crippen LogP contribution in [-0.2, 0) is 0 Å². The molecule has 268 valence electrons. The summed E-state index contributed by atoms with van der Waals surface area (Å²) in [5.74, 6) is -0.0322. The Kier molecular flexibility index (Phi) is 11.8. The third-order valence-electron chi connectivity index (χ3n) is 9.77. The van der Waals surface area contributed by atoms with Crippen LogP contribution in [0.3, 0.4) is 0 Å². The maximum absolute atomic E-state index is 14.5. The Morgan fingerprint density at radius 2 is 0.960 bits per heavy atom. The monoisotopic (exact) mass is 704 g/mol. The van der Waals surface area contributed by atoms with Crippen LogP contribution in [0.15, 0.2) is 84.9 Å². The molecule has 0 radical (unpaired) electrons. The molecule has 0 atom stereocenters. The van der Waals surface area contributed by atoms with Crippen LogP contribution in [0.4, 0.5) is 35.1 Å². The average molecular weight is 705 g/mol. The zero-order valence-electron chi connectivity index (χ0n) is 27.9. The van der Waals surface area contributed by atoms with Gasteiger partial charge in [0.05, 0.1) is 0 Å². The summed E-state index contributed by atoms with van der Waals surface area (Å²) in [5, 5.41) is 0. The lowest BCUT2D eigenvalue weighted by atomic mass is 9.79. The Labute approximate surface area is 287 Å². The highest BCUT2D eigenvalue weighted by Gasteiger charge is 2.33. The minimum atomic E-state index is -4.90. The molecular formula is C40H40F8O2. The summed E-state index contributed by atoms with van der Waals surface area (Å²) >= 11 is 0. The third-order valence-corrected chi connectivity index (χ3v) is 9.77. The van der Waals surface area contributed by atoms with Crippen LogP contribution in [0.5, 0.6) is 11.5 Å². The second-order valence-corrected chi connectivity index (χ2v) is 13.5. The van der Waals surface area contributed by atoms with Crippen LogP contribution in [0.1, 0.15) is 88.2 Å². The standard InChI is InChI=1S/2C20H20F4O/c1-13-2-4-14(5-3-13)16-8-11-18(19(21)12-16)15-6-9-17(10-7-15)25-20(22,23)24;1-13-2-4-14(5-3-13)15-6-8-16(9-7-15)17-10-11-19(18(21)12-17)25-20(22,23)24/h2*6-14H,2-5H2,1H3. The zero-order chi connectivity index (χ0) is 36.1. The van der Waals surface area contributed by atoms with E-state index in [0.29, 0.717) is 28.5 Å². The molecule has 0 bridgehead atoms. The minimum Gasteiger partial charge on any atom is -0.406 e. The van der Waals surface area contributed by atoms with Gasteiger partial charge in [0, 0.05) is 5.56 Å². The summed E-state index contributed by atoms with van der Waals surface area (Å²) in [6.07, 6.45) is -0.336. The van der Waals surface area contributed by atoms with E-state index < -0.39 is 24.3 Å². The molecule has 2 saturated carbocycles. The third kappa shape index (κ3) is 10.5. The highest BCUT2D eigenvalue weighted by atomic mass is 19.4. The number of halogens is 8. The van der Waals surface area contributed by atoms with Crippen LogP contribution in [-0.4, -0.2) is 12.7 Å². The first-order valence-electron chi connectivity index (χ1n) is 16.9. The van der Waals surface area contributed by atoms with Crippen molar-refractivity contribution < 1.29 is 44.6 Å². The van der Waals surface area contributed by atoms with E-state index in [9.17, 15) is 35.1 Å². The molecular weight excluding hydrogens is 664 g/mol. The van der Waals surface area contributed by atoms with Crippen molar-refractivity contribution in [2.24, 2.45) is 11.8 Å². The van der Waals surface area contributed by atoms with E-state index >= 15 is 0 Å². The van der Waals surface area contributed by atoms with Crippen molar-refractivity contribution >= 4 is 0 Å². The average Bonchev–Trinajstić information content (AvgIpc) is 3.06. The molecule has 4 aromatic rings. The van der Waals surface area contributed by atoms with E-state index in [0.717, 1.165) is 60.8 Å². The number of ether oxygens (including phenoxy) is 2. The van der Waals surface area contributed by atoms with E-state index in [2.05, 4.69) is 23.3 Å². The first-order valence-corrected chi connectivity index (χ1v) is 16.9. The summed E-state index contributed by atoms with van der Waals surface area (Å²) < 4.78 is 109. The van der Waals surface area contributed by atoms with Crippen LogP contribution in [0, 0.1) is 23.5 Å². The van der Waals surface area contributed by atoms with Gasteiger partial charge in [0.1, 0.15) is 11.6 Å². The Balaban J connectivity index is 0.000000194. The van der Waals surface area contributed by atoms with Gasteiger partial charge >= 0.3 is 12.7 Å². The molecule has 2 nitrogen and oxygen atoms in total. The van der Waals surface area contributed by atoms with Crippen molar-refractivity contribution in [3.63, 3.8) is 0 Å². The lowest BCUT2D eigenvalue weighted by molar-refractivity contribution is -0.276. The summed E-state index contributed by atoms with van der Waals surface area (Å²) in [7, 11) is 0. The van der Waals surface area contributed by atoms with Gasteiger partial charge in [-0.05, 0) is 108 Å². The first kappa shape index (κ1) is 37.2. The van der Waals surface area contributed by atoms with Crippen LogP contribution >= 0.6 is 0 Å². The molecule has 4 aromatic carbocycles. The molecule has 2 aliphatic carbocycles. The molecule has 0 aromatic heterocycles. The van der Waals surface area contributed by atoms with E-state index in [1.54, 1.807) is 12.1 Å². The lowest BCUT2D eigenvalue weighted by Crippen LogP contribution is -2.17. The minimum absolute atomic E-state index is 0.315. The molecule has 2 fully saturated rings. The van der Waals surface area contributed by atoms with Gasteiger partial charge in [0.2, 0.25) is 0 Å². The van der Waals surface area contributed by atoms with Gasteiger partial charge in [-0.1, -0.05) is 94.1 Å². The fourth-order valence-electron chi connectivity index (χ4n) is 6.88. The van der Waals surface area contributed by atoms with E-state index in [-0.39, 0.29) is 11.6 Å². The van der Waals surface area contributed by atoms with Gasteiger partial charge in [0.25, 0.3) is 0 Å². The van der Waals surface area contributed by atoms with E-state index in [1.807, 2.05) is 30.3 Å². The fourth-order valence-corrected chi connectivity index (χ4v) is 6.88. The molecule has 0 aliphatic heterocycles. The van der Waals surface area contributed by atoms with Gasteiger partial charge in [-0.2, -0.15) is 0 Å². The molecule has 10 heteroatoms. The molecule has 0 spiro atoms. The predicted molar refractivity (Wildman–Crippen MR) is 178 cm³/mol. The maximum atomic E-state index is 14.5. The zero-order valence-corrected chi connectivity index (χ0v) is 27.9.